The van der Waals surface area contributed by atoms with Crippen molar-refractivity contribution in [3.8, 4) is 11.3 Å². The molecule has 0 saturated carbocycles. The molecule has 2 bridgehead atoms. The van der Waals surface area contributed by atoms with Gasteiger partial charge in [0.1, 0.15) is 0 Å². The van der Waals surface area contributed by atoms with E-state index >= 15 is 0 Å². The first-order valence-corrected chi connectivity index (χ1v) is 12.1. The van der Waals surface area contributed by atoms with Crippen LogP contribution in [0.25, 0.3) is 22.2 Å². The maximum absolute atomic E-state index is 13.7. The second kappa shape index (κ2) is 7.77. The number of benzene rings is 2. The SMILES string of the molecule is Cc1cc(C)cc(-c2[nH]c3ccc(C(C)(C)C(=O)N4C5CCC4CC5)cc3c2CCN)c1. The number of hydrogen-bond donors (Lipinski definition) is 2. The van der Waals surface area contributed by atoms with E-state index in [1.54, 1.807) is 0 Å². The van der Waals surface area contributed by atoms with E-state index in [0.29, 0.717) is 18.6 Å². The molecule has 2 aliphatic rings. The second-order valence-electron chi connectivity index (χ2n) is 10.5. The summed E-state index contributed by atoms with van der Waals surface area (Å²) < 4.78 is 0. The van der Waals surface area contributed by atoms with Gasteiger partial charge in [-0.2, -0.15) is 0 Å². The van der Waals surface area contributed by atoms with Crippen molar-refractivity contribution in [2.75, 3.05) is 6.54 Å². The summed E-state index contributed by atoms with van der Waals surface area (Å²) in [7, 11) is 0. The fourth-order valence-corrected chi connectivity index (χ4v) is 6.10. The third-order valence-corrected chi connectivity index (χ3v) is 7.75. The number of aromatic amines is 1. The van der Waals surface area contributed by atoms with Crippen molar-refractivity contribution in [2.45, 2.75) is 77.3 Å². The number of carbonyl (C=O) groups is 1. The zero-order valence-electron chi connectivity index (χ0n) is 19.8. The molecule has 3 aromatic rings. The minimum Gasteiger partial charge on any atom is -0.354 e. The topological polar surface area (TPSA) is 62.1 Å². The Morgan fingerprint density at radius 3 is 2.25 bits per heavy atom. The second-order valence-corrected chi connectivity index (χ2v) is 10.5. The molecular weight excluding hydrogens is 394 g/mol. The van der Waals surface area contributed by atoms with Crippen molar-refractivity contribution in [1.29, 1.82) is 0 Å². The Morgan fingerprint density at radius 2 is 1.66 bits per heavy atom. The van der Waals surface area contributed by atoms with Gasteiger partial charge in [0.2, 0.25) is 5.91 Å². The number of nitrogens with one attached hydrogen (secondary N) is 1. The van der Waals surface area contributed by atoms with Crippen molar-refractivity contribution in [1.82, 2.24) is 9.88 Å². The predicted octanol–water partition coefficient (Wildman–Crippen LogP) is 5.38. The van der Waals surface area contributed by atoms with Crippen LogP contribution in [0, 0.1) is 13.8 Å². The van der Waals surface area contributed by atoms with E-state index < -0.39 is 5.41 Å². The molecule has 0 unspecified atom stereocenters. The van der Waals surface area contributed by atoms with E-state index in [4.69, 9.17) is 5.73 Å². The average Bonchev–Trinajstić information content (AvgIpc) is 3.45. The zero-order valence-corrected chi connectivity index (χ0v) is 19.8. The highest BCUT2D eigenvalue weighted by Gasteiger charge is 2.46. The molecule has 5 rings (SSSR count). The molecule has 3 heterocycles. The number of aryl methyl sites for hydroxylation is 2. The Balaban J connectivity index is 1.58. The largest absolute Gasteiger partial charge is 0.354 e. The summed E-state index contributed by atoms with van der Waals surface area (Å²) in [5.74, 6) is 0.285. The number of fused-ring (bicyclic) bond motifs is 3. The van der Waals surface area contributed by atoms with Gasteiger partial charge in [0.05, 0.1) is 5.41 Å². The maximum atomic E-state index is 13.7. The zero-order chi connectivity index (χ0) is 22.6. The number of aromatic nitrogens is 1. The number of nitrogens with two attached hydrogens (primary N) is 1. The number of nitrogens with zero attached hydrogens (tertiary/aromatic N) is 1. The summed E-state index contributed by atoms with van der Waals surface area (Å²) in [5.41, 5.74) is 13.8. The maximum Gasteiger partial charge on any atom is 0.233 e. The lowest BCUT2D eigenvalue weighted by Crippen LogP contribution is -2.45. The highest BCUT2D eigenvalue weighted by molar-refractivity contribution is 5.94. The highest BCUT2D eigenvalue weighted by atomic mass is 16.2. The smallest absolute Gasteiger partial charge is 0.233 e. The molecule has 0 spiro atoms. The van der Waals surface area contributed by atoms with E-state index in [0.717, 1.165) is 23.2 Å². The van der Waals surface area contributed by atoms with E-state index in [9.17, 15) is 4.79 Å². The van der Waals surface area contributed by atoms with Crippen LogP contribution >= 0.6 is 0 Å². The van der Waals surface area contributed by atoms with Gasteiger partial charge in [-0.1, -0.05) is 23.3 Å². The fourth-order valence-electron chi connectivity index (χ4n) is 6.10. The van der Waals surface area contributed by atoms with E-state index in [1.165, 1.54) is 53.3 Å². The Morgan fingerprint density at radius 1 is 1.03 bits per heavy atom. The van der Waals surface area contributed by atoms with Crippen LogP contribution in [-0.4, -0.2) is 34.4 Å². The lowest BCUT2D eigenvalue weighted by molar-refractivity contribution is -0.137. The third-order valence-electron chi connectivity index (χ3n) is 7.75. The molecule has 2 aliphatic heterocycles. The van der Waals surface area contributed by atoms with Crippen LogP contribution in [0.5, 0.6) is 0 Å². The molecule has 4 nitrogen and oxygen atoms in total. The quantitative estimate of drug-likeness (QED) is 0.572. The third kappa shape index (κ3) is 3.36. The molecule has 4 heteroatoms. The summed E-state index contributed by atoms with van der Waals surface area (Å²) in [5, 5.41) is 1.19. The van der Waals surface area contributed by atoms with Gasteiger partial charge in [-0.3, -0.25) is 4.79 Å². The van der Waals surface area contributed by atoms with Crippen LogP contribution in [0.4, 0.5) is 0 Å². The first-order chi connectivity index (χ1) is 15.3. The number of H-pyrrole nitrogens is 1. The molecule has 168 valence electrons. The minimum atomic E-state index is -0.545. The van der Waals surface area contributed by atoms with Crippen LogP contribution in [0.1, 0.15) is 61.8 Å². The standard InChI is InChI=1S/C28H35N3O/c1-17-13-18(2)15-19(14-17)26-23(11-12-29)24-16-20(5-10-25(24)30-26)28(3,4)27(32)31-21-6-7-22(31)9-8-21/h5,10,13-16,21-22,30H,6-9,11-12,29H2,1-4H3. The van der Waals surface area contributed by atoms with Crippen molar-refractivity contribution >= 4 is 16.8 Å². The van der Waals surface area contributed by atoms with Gasteiger partial charge in [-0.15, -0.1) is 0 Å². The number of amides is 1. The number of hydrogen-bond acceptors (Lipinski definition) is 2. The van der Waals surface area contributed by atoms with E-state index in [2.05, 4.69) is 74.0 Å². The van der Waals surface area contributed by atoms with Gasteiger partial charge in [0.15, 0.2) is 0 Å². The van der Waals surface area contributed by atoms with Gasteiger partial charge in [0.25, 0.3) is 0 Å². The average molecular weight is 430 g/mol. The van der Waals surface area contributed by atoms with Gasteiger partial charge in [0, 0.05) is 28.7 Å². The molecule has 2 saturated heterocycles. The van der Waals surface area contributed by atoms with Gasteiger partial charge in [-0.25, -0.2) is 0 Å². The van der Waals surface area contributed by atoms with Gasteiger partial charge >= 0.3 is 0 Å². The van der Waals surface area contributed by atoms with Crippen LogP contribution in [0.2, 0.25) is 0 Å². The Bertz CT molecular complexity index is 1150. The molecule has 2 fully saturated rings. The Kier molecular flexibility index (Phi) is 5.16. The Hall–Kier alpha value is -2.59. The first kappa shape index (κ1) is 21.3. The number of rotatable bonds is 5. The van der Waals surface area contributed by atoms with Crippen LogP contribution in [0.3, 0.4) is 0 Å². The molecule has 0 atom stereocenters. The predicted molar refractivity (Wildman–Crippen MR) is 132 cm³/mol. The lowest BCUT2D eigenvalue weighted by atomic mass is 9.82. The first-order valence-electron chi connectivity index (χ1n) is 12.1. The summed E-state index contributed by atoms with van der Waals surface area (Å²) in [4.78, 5) is 19.5. The van der Waals surface area contributed by atoms with Gasteiger partial charge < -0.3 is 15.6 Å². The van der Waals surface area contributed by atoms with E-state index in [1.807, 2.05) is 0 Å². The van der Waals surface area contributed by atoms with E-state index in [-0.39, 0.29) is 5.91 Å². The van der Waals surface area contributed by atoms with Crippen molar-refractivity contribution < 1.29 is 4.79 Å². The summed E-state index contributed by atoms with van der Waals surface area (Å²) in [6, 6.07) is 14.1. The molecule has 1 amide bonds. The molecule has 2 aromatic carbocycles. The molecule has 32 heavy (non-hydrogen) atoms. The van der Waals surface area contributed by atoms with Crippen molar-refractivity contribution in [3.05, 3.63) is 58.7 Å². The molecule has 1 aromatic heterocycles. The molecule has 0 radical (unpaired) electrons. The molecule has 0 aliphatic carbocycles. The molecular formula is C28H35N3O. The molecule has 3 N–H and O–H groups in total. The monoisotopic (exact) mass is 429 g/mol. The number of carbonyl (C=O) groups excluding carboxylic acids is 1. The van der Waals surface area contributed by atoms with Crippen LogP contribution in [-0.2, 0) is 16.6 Å². The van der Waals surface area contributed by atoms with Crippen LogP contribution in [0.15, 0.2) is 36.4 Å². The van der Waals surface area contributed by atoms with Gasteiger partial charge in [-0.05, 0) is 107 Å². The Labute approximate surface area is 191 Å². The summed E-state index contributed by atoms with van der Waals surface area (Å²) in [6.07, 6.45) is 5.48. The minimum absolute atomic E-state index is 0.285. The normalized spacial score (nSPS) is 20.5. The van der Waals surface area contributed by atoms with Crippen molar-refractivity contribution in [2.24, 2.45) is 5.73 Å². The fraction of sp³-hybridized carbons (Fsp3) is 0.464. The highest BCUT2D eigenvalue weighted by Crippen LogP contribution is 2.42. The van der Waals surface area contributed by atoms with Crippen molar-refractivity contribution in [3.63, 3.8) is 0 Å². The lowest BCUT2D eigenvalue weighted by Gasteiger charge is -2.33. The van der Waals surface area contributed by atoms with Crippen LogP contribution < -0.4 is 5.73 Å². The summed E-state index contributed by atoms with van der Waals surface area (Å²) >= 11 is 0. The summed E-state index contributed by atoms with van der Waals surface area (Å²) in [6.45, 7) is 9.05.